The average molecular weight is 329 g/mol. The van der Waals surface area contributed by atoms with Crippen molar-refractivity contribution in [3.05, 3.63) is 71.1 Å². The summed E-state index contributed by atoms with van der Waals surface area (Å²) in [6.07, 6.45) is 0.164. The first kappa shape index (κ1) is 15.2. The molecule has 0 unspecified atom stereocenters. The number of halogens is 1. The zero-order chi connectivity index (χ0) is 16.1. The van der Waals surface area contributed by atoms with Gasteiger partial charge in [-0.25, -0.2) is 0 Å². The molecule has 1 aromatic heterocycles. The Labute approximate surface area is 137 Å². The van der Waals surface area contributed by atoms with Crippen LogP contribution in [0.2, 0.25) is 5.02 Å². The van der Waals surface area contributed by atoms with Crippen LogP contribution in [0.3, 0.4) is 0 Å². The van der Waals surface area contributed by atoms with Gasteiger partial charge in [-0.2, -0.15) is 4.98 Å². The zero-order valence-corrected chi connectivity index (χ0v) is 12.9. The number of nitrogens with zero attached hydrogens (tertiary/aromatic N) is 2. The quantitative estimate of drug-likeness (QED) is 0.668. The van der Waals surface area contributed by atoms with Crippen molar-refractivity contribution in [3.63, 3.8) is 0 Å². The molecule has 0 aliphatic heterocycles. The number of rotatable bonds is 5. The highest BCUT2D eigenvalue weighted by molar-refractivity contribution is 6.30. The summed E-state index contributed by atoms with van der Waals surface area (Å²) in [5.41, 5.74) is 1.67. The van der Waals surface area contributed by atoms with Gasteiger partial charge in [0.1, 0.15) is 0 Å². The monoisotopic (exact) mass is 328 g/mol. The minimum absolute atomic E-state index is 0.0493. The van der Waals surface area contributed by atoms with Crippen LogP contribution in [-0.4, -0.2) is 16.1 Å². The van der Waals surface area contributed by atoms with Crippen LogP contribution in [0.15, 0.2) is 59.1 Å². The molecule has 23 heavy (non-hydrogen) atoms. The molecule has 3 aromatic rings. The maximum absolute atomic E-state index is 11.8. The van der Waals surface area contributed by atoms with Gasteiger partial charge in [0.25, 0.3) is 5.89 Å². The van der Waals surface area contributed by atoms with Crippen molar-refractivity contribution in [2.45, 2.75) is 13.0 Å². The first-order chi connectivity index (χ1) is 11.2. The fourth-order valence-corrected chi connectivity index (χ4v) is 2.11. The molecular weight excluding hydrogens is 316 g/mol. The van der Waals surface area contributed by atoms with E-state index >= 15 is 0 Å². The van der Waals surface area contributed by atoms with Crippen molar-refractivity contribution >= 4 is 17.6 Å². The fourth-order valence-electron chi connectivity index (χ4n) is 1.98. The average Bonchev–Trinajstić information content (AvgIpc) is 3.05. The first-order valence-corrected chi connectivity index (χ1v) is 7.36. The third kappa shape index (κ3) is 4.17. The molecule has 0 spiro atoms. The summed E-state index contributed by atoms with van der Waals surface area (Å²) >= 11 is 5.80. The molecule has 0 saturated heterocycles. The lowest BCUT2D eigenvalue weighted by Gasteiger charge is -2.02. The number of esters is 1. The first-order valence-electron chi connectivity index (χ1n) is 6.99. The lowest BCUT2D eigenvalue weighted by molar-refractivity contribution is -0.144. The van der Waals surface area contributed by atoms with Gasteiger partial charge in [-0.3, -0.25) is 4.79 Å². The predicted molar refractivity (Wildman–Crippen MR) is 84.7 cm³/mol. The predicted octanol–water partition coefficient (Wildman–Crippen LogP) is 3.68. The van der Waals surface area contributed by atoms with Crippen LogP contribution in [0.5, 0.6) is 0 Å². The second-order valence-electron chi connectivity index (χ2n) is 4.84. The summed E-state index contributed by atoms with van der Waals surface area (Å²) in [5.74, 6) is 0.356. The Morgan fingerprint density at radius 3 is 2.57 bits per heavy atom. The molecule has 0 N–H and O–H groups in total. The van der Waals surface area contributed by atoms with Crippen LogP contribution in [-0.2, 0) is 22.6 Å². The van der Waals surface area contributed by atoms with E-state index < -0.39 is 0 Å². The molecule has 0 aliphatic rings. The van der Waals surface area contributed by atoms with Crippen LogP contribution in [0.4, 0.5) is 0 Å². The van der Waals surface area contributed by atoms with E-state index in [4.69, 9.17) is 20.9 Å². The third-order valence-electron chi connectivity index (χ3n) is 3.12. The van der Waals surface area contributed by atoms with E-state index in [2.05, 4.69) is 10.1 Å². The van der Waals surface area contributed by atoms with Gasteiger partial charge >= 0.3 is 5.97 Å². The summed E-state index contributed by atoms with van der Waals surface area (Å²) < 4.78 is 10.2. The van der Waals surface area contributed by atoms with E-state index in [9.17, 15) is 4.79 Å². The van der Waals surface area contributed by atoms with E-state index in [0.717, 1.165) is 11.1 Å². The molecule has 116 valence electrons. The van der Waals surface area contributed by atoms with E-state index in [-0.39, 0.29) is 24.9 Å². The molecule has 3 rings (SSSR count). The second-order valence-corrected chi connectivity index (χ2v) is 5.28. The zero-order valence-electron chi connectivity index (χ0n) is 12.1. The lowest BCUT2D eigenvalue weighted by atomic mass is 10.2. The number of benzene rings is 2. The van der Waals surface area contributed by atoms with E-state index in [1.165, 1.54) is 0 Å². The molecule has 0 radical (unpaired) electrons. The standard InChI is InChI=1S/C17H13ClN2O3/c18-14-8-6-12(7-9-14)10-16(21)22-11-15-19-17(20-23-15)13-4-2-1-3-5-13/h1-9H,10-11H2. The maximum Gasteiger partial charge on any atom is 0.310 e. The third-order valence-corrected chi connectivity index (χ3v) is 3.37. The summed E-state index contributed by atoms with van der Waals surface area (Å²) in [6, 6.07) is 16.5. The Morgan fingerprint density at radius 1 is 1.09 bits per heavy atom. The van der Waals surface area contributed by atoms with Crippen molar-refractivity contribution in [2.75, 3.05) is 0 Å². The Kier molecular flexibility index (Phi) is 4.68. The Balaban J connectivity index is 1.55. The van der Waals surface area contributed by atoms with Crippen LogP contribution in [0.25, 0.3) is 11.4 Å². The normalized spacial score (nSPS) is 10.5. The van der Waals surface area contributed by atoms with Crippen LogP contribution in [0, 0.1) is 0 Å². The second kappa shape index (κ2) is 7.07. The maximum atomic E-state index is 11.8. The smallest absolute Gasteiger partial charge is 0.310 e. The van der Waals surface area contributed by atoms with Crippen molar-refractivity contribution in [3.8, 4) is 11.4 Å². The Bertz CT molecular complexity index is 785. The van der Waals surface area contributed by atoms with E-state index in [0.29, 0.717) is 10.8 Å². The van der Waals surface area contributed by atoms with Crippen molar-refractivity contribution in [2.24, 2.45) is 0 Å². The molecule has 0 saturated carbocycles. The molecule has 5 nitrogen and oxygen atoms in total. The number of ether oxygens (including phenoxy) is 1. The van der Waals surface area contributed by atoms with Gasteiger partial charge in [0.05, 0.1) is 6.42 Å². The minimum Gasteiger partial charge on any atom is -0.455 e. The number of carbonyl (C=O) groups is 1. The van der Waals surface area contributed by atoms with Crippen molar-refractivity contribution in [1.82, 2.24) is 10.1 Å². The molecule has 0 atom stereocenters. The topological polar surface area (TPSA) is 65.2 Å². The largest absolute Gasteiger partial charge is 0.455 e. The Hall–Kier alpha value is -2.66. The van der Waals surface area contributed by atoms with Crippen molar-refractivity contribution < 1.29 is 14.1 Å². The SMILES string of the molecule is O=C(Cc1ccc(Cl)cc1)OCc1nc(-c2ccccc2)no1. The summed E-state index contributed by atoms with van der Waals surface area (Å²) in [7, 11) is 0. The number of hydrogen-bond acceptors (Lipinski definition) is 5. The minimum atomic E-state index is -0.369. The molecule has 0 fully saturated rings. The molecule has 0 amide bonds. The van der Waals surface area contributed by atoms with Gasteiger partial charge in [-0.15, -0.1) is 0 Å². The van der Waals surface area contributed by atoms with Crippen molar-refractivity contribution in [1.29, 1.82) is 0 Å². The van der Waals surface area contributed by atoms with Gasteiger partial charge in [0, 0.05) is 10.6 Å². The van der Waals surface area contributed by atoms with Crippen LogP contribution < -0.4 is 0 Å². The highest BCUT2D eigenvalue weighted by atomic mass is 35.5. The molecule has 6 heteroatoms. The summed E-state index contributed by atoms with van der Waals surface area (Å²) in [6.45, 7) is -0.0493. The Morgan fingerprint density at radius 2 is 1.83 bits per heavy atom. The van der Waals surface area contributed by atoms with E-state index in [1.54, 1.807) is 24.3 Å². The molecule has 0 bridgehead atoms. The van der Waals surface area contributed by atoms with Gasteiger partial charge in [0.15, 0.2) is 6.61 Å². The fraction of sp³-hybridized carbons (Fsp3) is 0.118. The molecule has 0 aliphatic carbocycles. The van der Waals surface area contributed by atoms with Crippen LogP contribution >= 0.6 is 11.6 Å². The van der Waals surface area contributed by atoms with Gasteiger partial charge in [0.2, 0.25) is 5.82 Å². The number of hydrogen-bond donors (Lipinski definition) is 0. The van der Waals surface area contributed by atoms with Gasteiger partial charge in [-0.1, -0.05) is 59.2 Å². The summed E-state index contributed by atoms with van der Waals surface area (Å²) in [4.78, 5) is 16.0. The molecule has 1 heterocycles. The lowest BCUT2D eigenvalue weighted by Crippen LogP contribution is -2.08. The highest BCUT2D eigenvalue weighted by Crippen LogP contribution is 2.15. The van der Waals surface area contributed by atoms with Gasteiger partial charge < -0.3 is 9.26 Å². The summed E-state index contributed by atoms with van der Waals surface area (Å²) in [5, 5.41) is 4.49. The van der Waals surface area contributed by atoms with Crippen LogP contribution in [0.1, 0.15) is 11.5 Å². The van der Waals surface area contributed by atoms with Gasteiger partial charge in [-0.05, 0) is 17.7 Å². The highest BCUT2D eigenvalue weighted by Gasteiger charge is 2.11. The molecule has 2 aromatic carbocycles. The van der Waals surface area contributed by atoms with E-state index in [1.807, 2.05) is 30.3 Å². The molecular formula is C17H13ClN2O3. The number of aromatic nitrogens is 2. The number of carbonyl (C=O) groups excluding carboxylic acids is 1.